The molecule has 0 aliphatic rings. The summed E-state index contributed by atoms with van der Waals surface area (Å²) in [7, 11) is 0. The van der Waals surface area contributed by atoms with Crippen LogP contribution < -0.4 is 5.43 Å². The van der Waals surface area contributed by atoms with Gasteiger partial charge in [0.15, 0.2) is 0 Å². The highest BCUT2D eigenvalue weighted by atomic mass is 35.5. The van der Waals surface area contributed by atoms with Crippen LogP contribution >= 0.6 is 23.2 Å². The van der Waals surface area contributed by atoms with Crippen molar-refractivity contribution in [1.82, 2.24) is 5.43 Å². The Morgan fingerprint density at radius 1 is 1.18 bits per heavy atom. The molecule has 0 saturated heterocycles. The van der Waals surface area contributed by atoms with Gasteiger partial charge in [0, 0.05) is 15.6 Å². The summed E-state index contributed by atoms with van der Waals surface area (Å²) < 4.78 is 5.09. The number of nitrogens with one attached hydrogen (secondary N) is 1. The van der Waals surface area contributed by atoms with Crippen molar-refractivity contribution >= 4 is 29.4 Å². The average Bonchev–Trinajstić information content (AvgIpc) is 2.80. The second-order valence-corrected chi connectivity index (χ2v) is 4.12. The van der Waals surface area contributed by atoms with Crippen molar-refractivity contribution in [3.05, 3.63) is 58.0 Å². The van der Waals surface area contributed by atoms with E-state index in [-0.39, 0.29) is 0 Å². The van der Waals surface area contributed by atoms with Crippen LogP contribution in [0.15, 0.2) is 46.1 Å². The van der Waals surface area contributed by atoms with Gasteiger partial charge in [0.25, 0.3) is 0 Å². The average molecular weight is 269 g/mol. The summed E-state index contributed by atoms with van der Waals surface area (Å²) >= 11 is 12.0. The molecule has 1 aromatic carbocycles. The first-order valence-corrected chi connectivity index (χ1v) is 5.75. The Labute approximate surface area is 109 Å². The Morgan fingerprint density at radius 2 is 1.94 bits per heavy atom. The zero-order chi connectivity index (χ0) is 12.1. The van der Waals surface area contributed by atoms with E-state index >= 15 is 0 Å². The van der Waals surface area contributed by atoms with Crippen molar-refractivity contribution < 1.29 is 4.42 Å². The van der Waals surface area contributed by atoms with Gasteiger partial charge in [-0.15, -0.1) is 0 Å². The van der Waals surface area contributed by atoms with Crippen molar-refractivity contribution in [1.29, 1.82) is 0 Å². The highest BCUT2D eigenvalue weighted by Gasteiger charge is 2.03. The van der Waals surface area contributed by atoms with E-state index in [1.165, 1.54) is 0 Å². The quantitative estimate of drug-likeness (QED) is 0.678. The Hall–Kier alpha value is -1.45. The number of rotatable bonds is 4. The molecule has 0 atom stereocenters. The van der Waals surface area contributed by atoms with E-state index in [1.807, 2.05) is 6.07 Å². The van der Waals surface area contributed by atoms with E-state index in [4.69, 9.17) is 27.6 Å². The largest absolute Gasteiger partial charge is 0.463 e. The maximum atomic E-state index is 6.01. The SMILES string of the molecule is Clc1cccc(Cl)c1CN/N=C/c1ccco1. The van der Waals surface area contributed by atoms with Gasteiger partial charge in [-0.2, -0.15) is 5.10 Å². The van der Waals surface area contributed by atoms with Crippen molar-refractivity contribution in [2.75, 3.05) is 0 Å². The highest BCUT2D eigenvalue weighted by molar-refractivity contribution is 6.35. The zero-order valence-corrected chi connectivity index (χ0v) is 10.4. The van der Waals surface area contributed by atoms with Crippen LogP contribution in [-0.2, 0) is 6.54 Å². The summed E-state index contributed by atoms with van der Waals surface area (Å²) in [5.74, 6) is 0.683. The minimum absolute atomic E-state index is 0.468. The Balaban J connectivity index is 1.94. The van der Waals surface area contributed by atoms with E-state index in [0.29, 0.717) is 22.4 Å². The predicted molar refractivity (Wildman–Crippen MR) is 69.6 cm³/mol. The maximum Gasteiger partial charge on any atom is 0.146 e. The van der Waals surface area contributed by atoms with Crippen LogP contribution in [0.25, 0.3) is 0 Å². The summed E-state index contributed by atoms with van der Waals surface area (Å²) in [6.45, 7) is 0.468. The van der Waals surface area contributed by atoms with Gasteiger partial charge in [-0.05, 0) is 24.3 Å². The lowest BCUT2D eigenvalue weighted by Gasteiger charge is -2.05. The lowest BCUT2D eigenvalue weighted by atomic mass is 10.2. The molecule has 0 saturated carbocycles. The molecule has 17 heavy (non-hydrogen) atoms. The van der Waals surface area contributed by atoms with Crippen molar-refractivity contribution in [3.8, 4) is 0 Å². The van der Waals surface area contributed by atoms with Gasteiger partial charge >= 0.3 is 0 Å². The minimum atomic E-state index is 0.468. The van der Waals surface area contributed by atoms with Gasteiger partial charge in [-0.3, -0.25) is 0 Å². The number of halogens is 2. The van der Waals surface area contributed by atoms with E-state index < -0.39 is 0 Å². The van der Waals surface area contributed by atoms with Crippen molar-refractivity contribution in [3.63, 3.8) is 0 Å². The fourth-order valence-electron chi connectivity index (χ4n) is 1.30. The molecular formula is C12H10Cl2N2O. The summed E-state index contributed by atoms with van der Waals surface area (Å²) in [5, 5.41) is 5.25. The third kappa shape index (κ3) is 3.25. The molecular weight excluding hydrogens is 259 g/mol. The molecule has 1 N–H and O–H groups in total. The Morgan fingerprint density at radius 3 is 2.59 bits per heavy atom. The molecule has 2 rings (SSSR count). The van der Waals surface area contributed by atoms with Gasteiger partial charge in [-0.25, -0.2) is 0 Å². The molecule has 0 bridgehead atoms. The normalized spacial score (nSPS) is 10.9. The minimum Gasteiger partial charge on any atom is -0.463 e. The lowest BCUT2D eigenvalue weighted by molar-refractivity contribution is 0.559. The van der Waals surface area contributed by atoms with Crippen LogP contribution in [0.2, 0.25) is 10.0 Å². The molecule has 88 valence electrons. The molecule has 2 aromatic rings. The summed E-state index contributed by atoms with van der Waals surface area (Å²) in [4.78, 5) is 0. The van der Waals surface area contributed by atoms with Gasteiger partial charge in [0.1, 0.15) is 5.76 Å². The highest BCUT2D eigenvalue weighted by Crippen LogP contribution is 2.23. The molecule has 1 heterocycles. The third-order valence-electron chi connectivity index (χ3n) is 2.14. The van der Waals surface area contributed by atoms with Crippen LogP contribution in [-0.4, -0.2) is 6.21 Å². The third-order valence-corrected chi connectivity index (χ3v) is 2.85. The monoisotopic (exact) mass is 268 g/mol. The molecule has 3 nitrogen and oxygen atoms in total. The standard InChI is InChI=1S/C12H10Cl2N2O/c13-11-4-1-5-12(14)10(11)8-16-15-7-9-3-2-6-17-9/h1-7,16H,8H2/b15-7+. The van der Waals surface area contributed by atoms with Crippen LogP contribution in [0.5, 0.6) is 0 Å². The molecule has 0 spiro atoms. The summed E-state index contributed by atoms with van der Waals surface area (Å²) in [6.07, 6.45) is 3.18. The first kappa shape index (κ1) is 12.0. The molecule has 0 unspecified atom stereocenters. The number of benzene rings is 1. The molecule has 0 aliphatic heterocycles. The smallest absolute Gasteiger partial charge is 0.146 e. The number of furan rings is 1. The fraction of sp³-hybridized carbons (Fsp3) is 0.0833. The number of hydrazone groups is 1. The summed E-state index contributed by atoms with van der Waals surface area (Å²) in [5.41, 5.74) is 3.69. The van der Waals surface area contributed by atoms with E-state index in [0.717, 1.165) is 5.56 Å². The lowest BCUT2D eigenvalue weighted by Crippen LogP contribution is -2.06. The molecule has 0 aliphatic carbocycles. The first-order chi connectivity index (χ1) is 8.27. The molecule has 0 fully saturated rings. The van der Waals surface area contributed by atoms with E-state index in [1.54, 1.807) is 36.7 Å². The Bertz CT molecular complexity index is 489. The Kier molecular flexibility index (Phi) is 4.07. The summed E-state index contributed by atoms with van der Waals surface area (Å²) in [6, 6.07) is 9.00. The molecule has 5 heteroatoms. The fourth-order valence-corrected chi connectivity index (χ4v) is 1.83. The number of nitrogens with zero attached hydrogens (tertiary/aromatic N) is 1. The van der Waals surface area contributed by atoms with Crippen LogP contribution in [0.4, 0.5) is 0 Å². The van der Waals surface area contributed by atoms with Gasteiger partial charge < -0.3 is 9.84 Å². The van der Waals surface area contributed by atoms with E-state index in [9.17, 15) is 0 Å². The van der Waals surface area contributed by atoms with Gasteiger partial charge in [0.05, 0.1) is 19.0 Å². The predicted octanol–water partition coefficient (Wildman–Crippen LogP) is 3.71. The van der Waals surface area contributed by atoms with Gasteiger partial charge in [-0.1, -0.05) is 29.3 Å². The van der Waals surface area contributed by atoms with Crippen LogP contribution in [0.3, 0.4) is 0 Å². The molecule has 0 amide bonds. The molecule has 1 aromatic heterocycles. The number of hydrogen-bond donors (Lipinski definition) is 1. The van der Waals surface area contributed by atoms with Crippen molar-refractivity contribution in [2.24, 2.45) is 5.10 Å². The van der Waals surface area contributed by atoms with Crippen molar-refractivity contribution in [2.45, 2.75) is 6.54 Å². The molecule has 0 radical (unpaired) electrons. The maximum absolute atomic E-state index is 6.01. The van der Waals surface area contributed by atoms with Gasteiger partial charge in [0.2, 0.25) is 0 Å². The second-order valence-electron chi connectivity index (χ2n) is 3.31. The second kappa shape index (κ2) is 5.75. The zero-order valence-electron chi connectivity index (χ0n) is 8.86. The number of hydrogen-bond acceptors (Lipinski definition) is 3. The first-order valence-electron chi connectivity index (χ1n) is 4.99. The van der Waals surface area contributed by atoms with Crippen LogP contribution in [0, 0.1) is 0 Å². The topological polar surface area (TPSA) is 37.5 Å². The van der Waals surface area contributed by atoms with Crippen LogP contribution in [0.1, 0.15) is 11.3 Å². The van der Waals surface area contributed by atoms with E-state index in [2.05, 4.69) is 10.5 Å².